The molecule has 21 heavy (non-hydrogen) atoms. The summed E-state index contributed by atoms with van der Waals surface area (Å²) < 4.78 is 26.9. The van der Waals surface area contributed by atoms with Gasteiger partial charge in [0.05, 0.1) is 0 Å². The molecule has 0 bridgehead atoms. The van der Waals surface area contributed by atoms with Crippen LogP contribution in [0, 0.1) is 11.6 Å². The van der Waals surface area contributed by atoms with Crippen molar-refractivity contribution in [1.82, 2.24) is 5.32 Å². The molecule has 1 N–H and O–H groups in total. The van der Waals surface area contributed by atoms with Crippen LogP contribution >= 0.6 is 0 Å². The molecule has 1 aliphatic rings. The molecule has 0 aliphatic heterocycles. The summed E-state index contributed by atoms with van der Waals surface area (Å²) in [6.07, 6.45) is 9.90. The Bertz CT molecular complexity index is 482. The summed E-state index contributed by atoms with van der Waals surface area (Å²) in [5.74, 6) is -0.949. The van der Waals surface area contributed by atoms with Crippen LogP contribution in [0.15, 0.2) is 29.8 Å². The molecule has 0 aromatic heterocycles. The first-order chi connectivity index (χ1) is 10.2. The zero-order chi connectivity index (χ0) is 15.1. The second-order valence-corrected chi connectivity index (χ2v) is 5.82. The molecule has 0 heterocycles. The highest BCUT2D eigenvalue weighted by Crippen LogP contribution is 2.23. The summed E-state index contributed by atoms with van der Waals surface area (Å²) in [7, 11) is 0. The SMILES string of the molecule is CCCNC(Cc1ccc(F)cc1F)C1=CCCCCC1. The molecule has 0 saturated carbocycles. The van der Waals surface area contributed by atoms with Crippen LogP contribution in [-0.4, -0.2) is 12.6 Å². The number of allylic oxidation sites excluding steroid dienone is 1. The van der Waals surface area contributed by atoms with E-state index in [1.807, 2.05) is 0 Å². The summed E-state index contributed by atoms with van der Waals surface area (Å²) in [5, 5.41) is 3.53. The van der Waals surface area contributed by atoms with Gasteiger partial charge in [-0.3, -0.25) is 0 Å². The van der Waals surface area contributed by atoms with Crippen LogP contribution < -0.4 is 5.32 Å². The summed E-state index contributed by atoms with van der Waals surface area (Å²) in [5.41, 5.74) is 1.99. The highest BCUT2D eigenvalue weighted by molar-refractivity contribution is 5.23. The third kappa shape index (κ3) is 4.92. The van der Waals surface area contributed by atoms with Gasteiger partial charge in [-0.15, -0.1) is 0 Å². The molecule has 0 radical (unpaired) electrons. The van der Waals surface area contributed by atoms with E-state index >= 15 is 0 Å². The van der Waals surface area contributed by atoms with Crippen LogP contribution in [0.2, 0.25) is 0 Å². The van der Waals surface area contributed by atoms with E-state index < -0.39 is 11.6 Å². The fourth-order valence-electron chi connectivity index (χ4n) is 2.92. The maximum atomic E-state index is 13.9. The maximum absolute atomic E-state index is 13.9. The molecule has 1 aromatic rings. The van der Waals surface area contributed by atoms with Crippen LogP contribution in [0.25, 0.3) is 0 Å². The Hall–Kier alpha value is -1.22. The van der Waals surface area contributed by atoms with Crippen LogP contribution in [0.1, 0.15) is 51.0 Å². The highest BCUT2D eigenvalue weighted by Gasteiger charge is 2.17. The molecular weight excluding hydrogens is 268 g/mol. The van der Waals surface area contributed by atoms with Gasteiger partial charge in [0.15, 0.2) is 0 Å². The summed E-state index contributed by atoms with van der Waals surface area (Å²) in [6, 6.07) is 4.07. The predicted molar refractivity (Wildman–Crippen MR) is 83.3 cm³/mol. The maximum Gasteiger partial charge on any atom is 0.129 e. The lowest BCUT2D eigenvalue weighted by molar-refractivity contribution is 0.520. The van der Waals surface area contributed by atoms with Gasteiger partial charge in [0.25, 0.3) is 0 Å². The van der Waals surface area contributed by atoms with Crippen molar-refractivity contribution in [2.75, 3.05) is 6.54 Å². The van der Waals surface area contributed by atoms with Gasteiger partial charge < -0.3 is 5.32 Å². The van der Waals surface area contributed by atoms with Crippen molar-refractivity contribution in [3.8, 4) is 0 Å². The van der Waals surface area contributed by atoms with E-state index in [0.717, 1.165) is 31.9 Å². The lowest BCUT2D eigenvalue weighted by Gasteiger charge is -2.22. The van der Waals surface area contributed by atoms with Gasteiger partial charge >= 0.3 is 0 Å². The number of nitrogens with one attached hydrogen (secondary N) is 1. The normalized spacial score (nSPS) is 17.2. The fourth-order valence-corrected chi connectivity index (χ4v) is 2.92. The lowest BCUT2D eigenvalue weighted by Crippen LogP contribution is -2.34. The third-order valence-corrected chi connectivity index (χ3v) is 4.10. The fraction of sp³-hybridized carbons (Fsp3) is 0.556. The first-order valence-electron chi connectivity index (χ1n) is 8.07. The number of rotatable bonds is 6. The Kier molecular flexibility index (Phi) is 6.37. The average Bonchev–Trinajstić information content (AvgIpc) is 2.74. The average molecular weight is 293 g/mol. The lowest BCUT2D eigenvalue weighted by atomic mass is 9.95. The van der Waals surface area contributed by atoms with Gasteiger partial charge in [-0.25, -0.2) is 8.78 Å². The summed E-state index contributed by atoms with van der Waals surface area (Å²) in [6.45, 7) is 3.05. The molecular formula is C18H25F2N. The Morgan fingerprint density at radius 1 is 1.19 bits per heavy atom. The van der Waals surface area contributed by atoms with Crippen molar-refractivity contribution in [2.24, 2.45) is 0 Å². The smallest absolute Gasteiger partial charge is 0.129 e. The first kappa shape index (κ1) is 16.2. The van der Waals surface area contributed by atoms with Gasteiger partial charge in [0, 0.05) is 12.1 Å². The van der Waals surface area contributed by atoms with Gasteiger partial charge in [-0.1, -0.05) is 31.1 Å². The molecule has 0 spiro atoms. The molecule has 0 saturated heterocycles. The first-order valence-corrected chi connectivity index (χ1v) is 8.07. The second-order valence-electron chi connectivity index (χ2n) is 5.82. The molecule has 3 heteroatoms. The van der Waals surface area contributed by atoms with Gasteiger partial charge in [-0.2, -0.15) is 0 Å². The number of benzene rings is 1. The minimum absolute atomic E-state index is 0.169. The zero-order valence-electron chi connectivity index (χ0n) is 12.8. The van der Waals surface area contributed by atoms with Crippen LogP contribution in [0.3, 0.4) is 0 Å². The van der Waals surface area contributed by atoms with E-state index in [9.17, 15) is 8.78 Å². The molecule has 0 amide bonds. The monoisotopic (exact) mass is 293 g/mol. The number of hydrogen-bond donors (Lipinski definition) is 1. The molecule has 1 aromatic carbocycles. The van der Waals surface area contributed by atoms with Gasteiger partial charge in [0.1, 0.15) is 11.6 Å². The minimum atomic E-state index is -0.511. The van der Waals surface area contributed by atoms with Crippen molar-refractivity contribution in [3.63, 3.8) is 0 Å². The molecule has 116 valence electrons. The van der Waals surface area contributed by atoms with Crippen LogP contribution in [0.5, 0.6) is 0 Å². The Balaban J connectivity index is 2.13. The predicted octanol–water partition coefficient (Wildman–Crippen LogP) is 4.77. The van der Waals surface area contributed by atoms with Crippen molar-refractivity contribution in [3.05, 3.63) is 47.0 Å². The van der Waals surface area contributed by atoms with Crippen LogP contribution in [0.4, 0.5) is 8.78 Å². The number of hydrogen-bond acceptors (Lipinski definition) is 1. The largest absolute Gasteiger partial charge is 0.310 e. The molecule has 1 aliphatic carbocycles. The topological polar surface area (TPSA) is 12.0 Å². The molecule has 1 unspecified atom stereocenters. The highest BCUT2D eigenvalue weighted by atomic mass is 19.1. The zero-order valence-corrected chi connectivity index (χ0v) is 12.8. The summed E-state index contributed by atoms with van der Waals surface area (Å²) >= 11 is 0. The quantitative estimate of drug-likeness (QED) is 0.745. The van der Waals surface area contributed by atoms with Crippen molar-refractivity contribution >= 4 is 0 Å². The minimum Gasteiger partial charge on any atom is -0.310 e. The molecule has 1 atom stereocenters. The molecule has 1 nitrogen and oxygen atoms in total. The number of halogens is 2. The molecule has 0 fully saturated rings. The van der Waals surface area contributed by atoms with Crippen molar-refractivity contribution < 1.29 is 8.78 Å². The second kappa shape index (κ2) is 8.28. The van der Waals surface area contributed by atoms with E-state index in [0.29, 0.717) is 12.0 Å². The Labute approximate surface area is 126 Å². The molecule has 2 rings (SSSR count). The van der Waals surface area contributed by atoms with E-state index in [4.69, 9.17) is 0 Å². The summed E-state index contributed by atoms with van der Waals surface area (Å²) in [4.78, 5) is 0. The third-order valence-electron chi connectivity index (χ3n) is 4.10. The van der Waals surface area contributed by atoms with Gasteiger partial charge in [0.2, 0.25) is 0 Å². The Morgan fingerprint density at radius 2 is 2.05 bits per heavy atom. The van der Waals surface area contributed by atoms with E-state index in [-0.39, 0.29) is 6.04 Å². The standard InChI is InChI=1S/C18H25F2N/c1-2-11-21-18(14-7-5-3-4-6-8-14)12-15-9-10-16(19)13-17(15)20/h7,9-10,13,18,21H,2-6,8,11-12H2,1H3. The van der Waals surface area contributed by atoms with E-state index in [1.54, 1.807) is 6.07 Å². The van der Waals surface area contributed by atoms with E-state index in [1.165, 1.54) is 30.9 Å². The van der Waals surface area contributed by atoms with Gasteiger partial charge in [-0.05, 0) is 56.7 Å². The van der Waals surface area contributed by atoms with Crippen molar-refractivity contribution in [1.29, 1.82) is 0 Å². The van der Waals surface area contributed by atoms with Crippen LogP contribution in [-0.2, 0) is 6.42 Å². The Morgan fingerprint density at radius 3 is 2.81 bits per heavy atom. The van der Waals surface area contributed by atoms with Crippen molar-refractivity contribution in [2.45, 2.75) is 57.9 Å². The van der Waals surface area contributed by atoms with E-state index in [2.05, 4.69) is 18.3 Å².